The van der Waals surface area contributed by atoms with E-state index in [9.17, 15) is 9.59 Å². The van der Waals surface area contributed by atoms with Crippen molar-refractivity contribution in [3.8, 4) is 0 Å². The van der Waals surface area contributed by atoms with E-state index in [1.165, 1.54) is 29.1 Å². The lowest BCUT2D eigenvalue weighted by Crippen LogP contribution is -2.38. The van der Waals surface area contributed by atoms with E-state index in [0.29, 0.717) is 24.5 Å². The van der Waals surface area contributed by atoms with Gasteiger partial charge >= 0.3 is 4.87 Å². The van der Waals surface area contributed by atoms with Gasteiger partial charge < -0.3 is 9.88 Å². The van der Waals surface area contributed by atoms with Crippen LogP contribution in [0.4, 0.5) is 5.13 Å². The van der Waals surface area contributed by atoms with Gasteiger partial charge in [0.05, 0.1) is 5.69 Å². The van der Waals surface area contributed by atoms with Gasteiger partial charge in [-0.3, -0.25) is 14.5 Å². The number of likely N-dealkylation sites (tertiary alicyclic amines) is 1. The van der Waals surface area contributed by atoms with Gasteiger partial charge in [-0.2, -0.15) is 0 Å². The molecule has 2 atom stereocenters. The zero-order chi connectivity index (χ0) is 19.4. The number of nitrogens with one attached hydrogen (secondary N) is 1. The molecular formula is C19H28N4O2S2. The number of nitrogens with zero attached hydrogens (tertiary/aromatic N) is 3. The number of thiazole rings is 2. The van der Waals surface area contributed by atoms with Crippen LogP contribution < -0.4 is 10.2 Å². The molecule has 1 saturated heterocycles. The third-order valence-corrected chi connectivity index (χ3v) is 6.58. The molecule has 1 fully saturated rings. The molecular weight excluding hydrogens is 380 g/mol. The Morgan fingerprint density at radius 3 is 2.67 bits per heavy atom. The molecule has 148 valence electrons. The Hall–Kier alpha value is -1.51. The second-order valence-electron chi connectivity index (χ2n) is 7.73. The first-order valence-corrected chi connectivity index (χ1v) is 11.3. The second-order valence-corrected chi connectivity index (χ2v) is 9.41. The van der Waals surface area contributed by atoms with Crippen molar-refractivity contribution >= 4 is 33.7 Å². The van der Waals surface area contributed by atoms with Crippen molar-refractivity contribution < 1.29 is 4.79 Å². The van der Waals surface area contributed by atoms with Crippen LogP contribution >= 0.6 is 22.7 Å². The van der Waals surface area contributed by atoms with Crippen molar-refractivity contribution in [1.82, 2.24) is 14.5 Å². The lowest BCUT2D eigenvalue weighted by atomic mass is 9.92. The Bertz CT molecular complexity index is 816. The molecule has 1 N–H and O–H groups in total. The van der Waals surface area contributed by atoms with E-state index >= 15 is 0 Å². The van der Waals surface area contributed by atoms with Crippen LogP contribution in [-0.2, 0) is 17.9 Å². The first kappa shape index (κ1) is 20.2. The van der Waals surface area contributed by atoms with Crippen molar-refractivity contribution in [2.45, 2.75) is 53.1 Å². The molecule has 3 heterocycles. The third-order valence-electron chi connectivity index (χ3n) is 4.89. The molecule has 0 aromatic carbocycles. The van der Waals surface area contributed by atoms with Gasteiger partial charge in [0.25, 0.3) is 0 Å². The van der Waals surface area contributed by atoms with Crippen molar-refractivity contribution in [3.63, 3.8) is 0 Å². The normalized spacial score (nSPS) is 20.7. The quantitative estimate of drug-likeness (QED) is 0.760. The molecule has 2 unspecified atom stereocenters. The number of aryl methyl sites for hydroxylation is 1. The highest BCUT2D eigenvalue weighted by atomic mass is 32.1. The van der Waals surface area contributed by atoms with Crippen molar-refractivity contribution in [2.24, 2.45) is 11.8 Å². The standard InChI is InChI=1S/C19H28N4O2S2/c1-13-7-14(2)9-22(8-13)10-16-12-26-18(20-16)21-17(24)5-4-6-23-15(3)11-27-19(23)25/h11-14H,4-10H2,1-3H3,(H,20,21,24). The number of carbonyl (C=O) groups excluding carboxylic acids is 1. The second kappa shape index (κ2) is 9.12. The molecule has 0 saturated carbocycles. The average Bonchev–Trinajstić information content (AvgIpc) is 3.14. The molecule has 0 aliphatic carbocycles. The minimum Gasteiger partial charge on any atom is -0.303 e. The van der Waals surface area contributed by atoms with Crippen LogP contribution in [0.5, 0.6) is 0 Å². The molecule has 1 aliphatic rings. The van der Waals surface area contributed by atoms with Crippen molar-refractivity contribution in [1.29, 1.82) is 0 Å². The summed E-state index contributed by atoms with van der Waals surface area (Å²) < 4.78 is 1.72. The molecule has 27 heavy (non-hydrogen) atoms. The van der Waals surface area contributed by atoms with Gasteiger partial charge in [-0.05, 0) is 31.6 Å². The van der Waals surface area contributed by atoms with Gasteiger partial charge in [0.1, 0.15) is 0 Å². The minimum absolute atomic E-state index is 0.0406. The first-order valence-electron chi connectivity index (χ1n) is 9.52. The number of carbonyl (C=O) groups is 1. The van der Waals surface area contributed by atoms with Gasteiger partial charge in [-0.15, -0.1) is 11.3 Å². The van der Waals surface area contributed by atoms with E-state index in [1.807, 2.05) is 17.7 Å². The number of rotatable bonds is 7. The van der Waals surface area contributed by atoms with E-state index in [-0.39, 0.29) is 10.8 Å². The molecule has 0 radical (unpaired) electrons. The average molecular weight is 409 g/mol. The maximum atomic E-state index is 12.2. The van der Waals surface area contributed by atoms with Gasteiger partial charge in [0.15, 0.2) is 5.13 Å². The number of amides is 1. The van der Waals surface area contributed by atoms with Crippen LogP contribution in [0.25, 0.3) is 0 Å². The molecule has 2 aromatic rings. The number of piperidine rings is 1. The number of aromatic nitrogens is 2. The topological polar surface area (TPSA) is 67.2 Å². The molecule has 6 nitrogen and oxygen atoms in total. The maximum absolute atomic E-state index is 12.2. The summed E-state index contributed by atoms with van der Waals surface area (Å²) in [7, 11) is 0. The van der Waals surface area contributed by atoms with Crippen LogP contribution in [0.15, 0.2) is 15.6 Å². The van der Waals surface area contributed by atoms with Gasteiger partial charge in [0.2, 0.25) is 5.91 Å². The van der Waals surface area contributed by atoms with Gasteiger partial charge in [0, 0.05) is 49.1 Å². The predicted octanol–water partition coefficient (Wildman–Crippen LogP) is 3.57. The Morgan fingerprint density at radius 2 is 2.00 bits per heavy atom. The SMILES string of the molecule is Cc1csc(=O)n1CCCC(=O)Nc1nc(CN2CC(C)CC(C)C2)cs1. The largest absolute Gasteiger partial charge is 0.307 e. The Labute approximate surface area is 168 Å². The number of anilines is 1. The lowest BCUT2D eigenvalue weighted by Gasteiger charge is -2.34. The Morgan fingerprint density at radius 1 is 1.26 bits per heavy atom. The van der Waals surface area contributed by atoms with Gasteiger partial charge in [-0.25, -0.2) is 4.98 Å². The smallest absolute Gasteiger partial charge is 0.303 e. The summed E-state index contributed by atoms with van der Waals surface area (Å²) in [5.74, 6) is 1.41. The fraction of sp³-hybridized carbons (Fsp3) is 0.632. The van der Waals surface area contributed by atoms with Crippen LogP contribution in [0.3, 0.4) is 0 Å². The number of hydrogen-bond donors (Lipinski definition) is 1. The summed E-state index contributed by atoms with van der Waals surface area (Å²) >= 11 is 2.68. The maximum Gasteiger partial charge on any atom is 0.307 e. The van der Waals surface area contributed by atoms with Gasteiger partial charge in [-0.1, -0.05) is 25.2 Å². The third kappa shape index (κ3) is 5.73. The molecule has 0 bridgehead atoms. The zero-order valence-electron chi connectivity index (χ0n) is 16.2. The van der Waals surface area contributed by atoms with E-state index in [4.69, 9.17) is 0 Å². The summed E-state index contributed by atoms with van der Waals surface area (Å²) in [5, 5.41) is 7.44. The zero-order valence-corrected chi connectivity index (χ0v) is 17.9. The highest BCUT2D eigenvalue weighted by Gasteiger charge is 2.22. The molecule has 0 spiro atoms. The number of hydrogen-bond acceptors (Lipinski definition) is 6. The minimum atomic E-state index is -0.0444. The van der Waals surface area contributed by atoms with Crippen LogP contribution in [0.2, 0.25) is 0 Å². The van der Waals surface area contributed by atoms with E-state index in [0.717, 1.165) is 42.9 Å². The van der Waals surface area contributed by atoms with E-state index in [2.05, 4.69) is 29.0 Å². The van der Waals surface area contributed by atoms with Crippen LogP contribution in [-0.4, -0.2) is 33.4 Å². The summed E-state index contributed by atoms with van der Waals surface area (Å²) in [6, 6.07) is 0. The molecule has 3 rings (SSSR count). The Kier molecular flexibility index (Phi) is 6.83. The predicted molar refractivity (Wildman–Crippen MR) is 112 cm³/mol. The Balaban J connectivity index is 1.44. The van der Waals surface area contributed by atoms with E-state index in [1.54, 1.807) is 4.57 Å². The monoisotopic (exact) mass is 408 g/mol. The summed E-state index contributed by atoms with van der Waals surface area (Å²) in [5.41, 5.74) is 1.98. The molecule has 8 heteroatoms. The highest BCUT2D eigenvalue weighted by Crippen LogP contribution is 2.24. The lowest BCUT2D eigenvalue weighted by molar-refractivity contribution is -0.116. The van der Waals surface area contributed by atoms with Crippen LogP contribution in [0.1, 0.15) is 44.5 Å². The van der Waals surface area contributed by atoms with Crippen molar-refractivity contribution in [3.05, 3.63) is 31.8 Å². The van der Waals surface area contributed by atoms with Crippen LogP contribution in [0, 0.1) is 18.8 Å². The van der Waals surface area contributed by atoms with E-state index < -0.39 is 0 Å². The molecule has 1 amide bonds. The summed E-state index contributed by atoms with van der Waals surface area (Å²) in [6.07, 6.45) is 2.33. The fourth-order valence-corrected chi connectivity index (χ4v) is 5.32. The summed E-state index contributed by atoms with van der Waals surface area (Å²) in [4.78, 5) is 30.9. The fourth-order valence-electron chi connectivity index (χ4n) is 3.84. The first-order chi connectivity index (χ1) is 12.9. The highest BCUT2D eigenvalue weighted by molar-refractivity contribution is 7.13. The molecule has 1 aliphatic heterocycles. The van der Waals surface area contributed by atoms with Crippen molar-refractivity contribution in [2.75, 3.05) is 18.4 Å². The molecule has 2 aromatic heterocycles. The summed E-state index contributed by atoms with van der Waals surface area (Å²) in [6.45, 7) is 10.2.